The Labute approximate surface area is 118 Å². The highest BCUT2D eigenvalue weighted by Crippen LogP contribution is 2.34. The predicted molar refractivity (Wildman–Crippen MR) is 74.3 cm³/mol. The monoisotopic (exact) mass is 276 g/mol. The number of hydrogen-bond acceptors (Lipinski definition) is 3. The third-order valence-electron chi connectivity index (χ3n) is 3.72. The third-order valence-corrected chi connectivity index (χ3v) is 4.16. The molecule has 4 heteroatoms. The normalized spacial score (nSPS) is 18.4. The fourth-order valence-electron chi connectivity index (χ4n) is 2.63. The average Bonchev–Trinajstić information content (AvgIpc) is 2.98. The molecule has 0 bridgehead atoms. The van der Waals surface area contributed by atoms with Crippen molar-refractivity contribution in [3.63, 3.8) is 0 Å². The zero-order valence-electron chi connectivity index (χ0n) is 10.8. The number of alkyl halides is 1. The van der Waals surface area contributed by atoms with E-state index < -0.39 is 0 Å². The second-order valence-electron chi connectivity index (χ2n) is 5.09. The van der Waals surface area contributed by atoms with Crippen LogP contribution in [0.3, 0.4) is 0 Å². The van der Waals surface area contributed by atoms with Gasteiger partial charge >= 0.3 is 0 Å². The molecule has 1 atom stereocenters. The van der Waals surface area contributed by atoms with Crippen molar-refractivity contribution in [1.29, 1.82) is 0 Å². The molecule has 0 aliphatic heterocycles. The van der Waals surface area contributed by atoms with Gasteiger partial charge in [0, 0.05) is 5.92 Å². The number of halogens is 1. The van der Waals surface area contributed by atoms with Crippen molar-refractivity contribution in [2.75, 3.05) is 0 Å². The van der Waals surface area contributed by atoms with Gasteiger partial charge in [-0.25, -0.2) is 0 Å². The van der Waals surface area contributed by atoms with Crippen LogP contribution in [0.5, 0.6) is 0 Å². The highest BCUT2D eigenvalue weighted by molar-refractivity contribution is 6.22. The molecular formula is C15H17ClN2O. The molecule has 1 aliphatic carbocycles. The molecule has 19 heavy (non-hydrogen) atoms. The molecule has 100 valence electrons. The Balaban J connectivity index is 1.77. The van der Waals surface area contributed by atoms with Gasteiger partial charge in [-0.2, -0.15) is 0 Å². The first-order valence-corrected chi connectivity index (χ1v) is 7.30. The molecule has 1 heterocycles. The number of benzene rings is 1. The van der Waals surface area contributed by atoms with Gasteiger partial charge in [0.2, 0.25) is 11.8 Å². The van der Waals surface area contributed by atoms with Crippen LogP contribution in [0.25, 0.3) is 0 Å². The molecule has 0 N–H and O–H groups in total. The minimum absolute atomic E-state index is 0.356. The molecule has 3 nitrogen and oxygen atoms in total. The number of aromatic nitrogens is 2. The van der Waals surface area contributed by atoms with Crippen LogP contribution in [-0.4, -0.2) is 10.2 Å². The Hall–Kier alpha value is -1.35. The van der Waals surface area contributed by atoms with Gasteiger partial charge in [-0.3, -0.25) is 0 Å². The van der Waals surface area contributed by atoms with Crippen LogP contribution in [0.4, 0.5) is 0 Å². The summed E-state index contributed by atoms with van der Waals surface area (Å²) in [7, 11) is 0. The Morgan fingerprint density at radius 2 is 1.79 bits per heavy atom. The summed E-state index contributed by atoms with van der Waals surface area (Å²) in [5, 5.41) is 7.95. The summed E-state index contributed by atoms with van der Waals surface area (Å²) < 4.78 is 5.79. The third kappa shape index (κ3) is 2.81. The molecule has 0 spiro atoms. The van der Waals surface area contributed by atoms with Crippen LogP contribution in [0.2, 0.25) is 0 Å². The van der Waals surface area contributed by atoms with E-state index in [2.05, 4.69) is 10.2 Å². The molecule has 2 aromatic rings. The average molecular weight is 277 g/mol. The van der Waals surface area contributed by atoms with Gasteiger partial charge in [-0.1, -0.05) is 49.6 Å². The zero-order valence-corrected chi connectivity index (χ0v) is 11.5. The first-order valence-electron chi connectivity index (χ1n) is 6.87. The minimum atomic E-state index is -0.356. The van der Waals surface area contributed by atoms with Crippen LogP contribution in [0.1, 0.15) is 60.7 Å². The van der Waals surface area contributed by atoms with E-state index in [-0.39, 0.29) is 5.38 Å². The van der Waals surface area contributed by atoms with E-state index >= 15 is 0 Å². The van der Waals surface area contributed by atoms with Crippen LogP contribution >= 0.6 is 11.6 Å². The topological polar surface area (TPSA) is 38.9 Å². The van der Waals surface area contributed by atoms with E-state index in [1.54, 1.807) is 0 Å². The van der Waals surface area contributed by atoms with Crippen molar-refractivity contribution in [3.8, 4) is 0 Å². The van der Waals surface area contributed by atoms with E-state index in [1.165, 1.54) is 19.3 Å². The van der Waals surface area contributed by atoms with Crippen molar-refractivity contribution < 1.29 is 4.42 Å². The van der Waals surface area contributed by atoms with E-state index in [9.17, 15) is 0 Å². The predicted octanol–water partition coefficient (Wildman–Crippen LogP) is 4.45. The summed E-state index contributed by atoms with van der Waals surface area (Å²) in [5.74, 6) is 1.69. The number of hydrogen-bond donors (Lipinski definition) is 0. The molecule has 1 aromatic carbocycles. The van der Waals surface area contributed by atoms with E-state index in [0.29, 0.717) is 11.8 Å². The van der Waals surface area contributed by atoms with Gasteiger partial charge < -0.3 is 4.42 Å². The fourth-order valence-corrected chi connectivity index (χ4v) is 2.86. The molecule has 0 saturated heterocycles. The van der Waals surface area contributed by atoms with E-state index in [4.69, 9.17) is 16.0 Å². The lowest BCUT2D eigenvalue weighted by Crippen LogP contribution is -2.04. The molecule has 1 fully saturated rings. The molecule has 1 aromatic heterocycles. The van der Waals surface area contributed by atoms with Gasteiger partial charge in [0.05, 0.1) is 0 Å². The van der Waals surface area contributed by atoms with Gasteiger partial charge in [0.15, 0.2) is 0 Å². The Kier molecular flexibility index (Phi) is 3.83. The molecule has 0 amide bonds. The van der Waals surface area contributed by atoms with Crippen molar-refractivity contribution in [2.45, 2.75) is 43.4 Å². The van der Waals surface area contributed by atoms with Crippen LogP contribution in [0.15, 0.2) is 34.7 Å². The molecule has 0 radical (unpaired) electrons. The first-order chi connectivity index (χ1) is 9.34. The van der Waals surface area contributed by atoms with Crippen LogP contribution in [-0.2, 0) is 0 Å². The maximum atomic E-state index is 6.39. The van der Waals surface area contributed by atoms with E-state index in [1.807, 2.05) is 30.3 Å². The summed E-state index contributed by atoms with van der Waals surface area (Å²) in [6, 6.07) is 9.84. The standard InChI is InChI=1S/C15H17ClN2O/c16-13(11-7-3-1-4-8-11)15-18-17-14(19-15)12-9-5-2-6-10-12/h1,3-4,7-8,12-13H,2,5-6,9-10H2. The van der Waals surface area contributed by atoms with Crippen LogP contribution < -0.4 is 0 Å². The van der Waals surface area contributed by atoms with Crippen molar-refractivity contribution in [1.82, 2.24) is 10.2 Å². The maximum Gasteiger partial charge on any atom is 0.238 e. The summed E-state index contributed by atoms with van der Waals surface area (Å²) in [5.41, 5.74) is 0.989. The molecule has 1 saturated carbocycles. The van der Waals surface area contributed by atoms with Gasteiger partial charge in [0.25, 0.3) is 0 Å². The molecule has 1 unspecified atom stereocenters. The summed E-state index contributed by atoms with van der Waals surface area (Å²) in [4.78, 5) is 0. The quantitative estimate of drug-likeness (QED) is 0.778. The Bertz CT molecular complexity index is 520. The summed E-state index contributed by atoms with van der Waals surface area (Å²) in [6.45, 7) is 0. The smallest absolute Gasteiger partial charge is 0.238 e. The summed E-state index contributed by atoms with van der Waals surface area (Å²) in [6.07, 6.45) is 6.14. The van der Waals surface area contributed by atoms with Crippen molar-refractivity contribution >= 4 is 11.6 Å². The second-order valence-corrected chi connectivity index (χ2v) is 5.52. The molecule has 3 rings (SSSR count). The largest absolute Gasteiger partial charge is 0.423 e. The Morgan fingerprint density at radius 3 is 2.53 bits per heavy atom. The van der Waals surface area contributed by atoms with Crippen molar-refractivity contribution in [3.05, 3.63) is 47.7 Å². The first kappa shape index (κ1) is 12.7. The Morgan fingerprint density at radius 1 is 1.05 bits per heavy atom. The number of nitrogens with zero attached hydrogens (tertiary/aromatic N) is 2. The van der Waals surface area contributed by atoms with Crippen LogP contribution in [0, 0.1) is 0 Å². The van der Waals surface area contributed by atoms with Gasteiger partial charge in [-0.05, 0) is 18.4 Å². The fraction of sp³-hybridized carbons (Fsp3) is 0.467. The molecular weight excluding hydrogens is 260 g/mol. The highest BCUT2D eigenvalue weighted by atomic mass is 35.5. The minimum Gasteiger partial charge on any atom is -0.423 e. The lowest BCUT2D eigenvalue weighted by atomic mass is 9.89. The maximum absolute atomic E-state index is 6.39. The van der Waals surface area contributed by atoms with Crippen molar-refractivity contribution in [2.24, 2.45) is 0 Å². The lowest BCUT2D eigenvalue weighted by molar-refractivity contribution is 0.352. The van der Waals surface area contributed by atoms with Gasteiger partial charge in [0.1, 0.15) is 5.38 Å². The highest BCUT2D eigenvalue weighted by Gasteiger charge is 2.24. The SMILES string of the molecule is ClC(c1ccccc1)c1nnc(C2CCCCC2)o1. The van der Waals surface area contributed by atoms with E-state index in [0.717, 1.165) is 24.3 Å². The zero-order chi connectivity index (χ0) is 13.1. The second kappa shape index (κ2) is 5.74. The number of rotatable bonds is 3. The summed E-state index contributed by atoms with van der Waals surface area (Å²) >= 11 is 6.39. The van der Waals surface area contributed by atoms with Gasteiger partial charge in [-0.15, -0.1) is 21.8 Å². The lowest BCUT2D eigenvalue weighted by Gasteiger charge is -2.17. The molecule has 1 aliphatic rings.